The third kappa shape index (κ3) is 7.78. The van der Waals surface area contributed by atoms with Crippen LogP contribution in [0, 0.1) is 5.92 Å². The van der Waals surface area contributed by atoms with Gasteiger partial charge in [-0.05, 0) is 42.5 Å². The molecule has 1 aliphatic rings. The quantitative estimate of drug-likeness (QED) is 0.244. The van der Waals surface area contributed by atoms with Crippen LogP contribution in [0.4, 0.5) is 5.69 Å². The summed E-state index contributed by atoms with van der Waals surface area (Å²) in [7, 11) is 1.46. The summed E-state index contributed by atoms with van der Waals surface area (Å²) < 4.78 is 0. The molecule has 0 aromatic heterocycles. The van der Waals surface area contributed by atoms with E-state index in [0.29, 0.717) is 5.69 Å². The molecule has 1 heterocycles. The molecule has 0 unspecified atom stereocenters. The van der Waals surface area contributed by atoms with Crippen molar-refractivity contribution in [1.29, 1.82) is 0 Å². The lowest BCUT2D eigenvalue weighted by Gasteiger charge is -2.32. The minimum absolute atomic E-state index is 0.00973. The average Bonchev–Trinajstić information content (AvgIpc) is 3.16. The Morgan fingerprint density at radius 1 is 0.976 bits per heavy atom. The molecule has 0 radical (unpaired) electrons. The number of carbonyl (C=O) groups is 6. The van der Waals surface area contributed by atoms with Crippen LogP contribution < -0.4 is 16.4 Å². The van der Waals surface area contributed by atoms with E-state index >= 15 is 0 Å². The van der Waals surface area contributed by atoms with Gasteiger partial charge in [-0.15, -0.1) is 0 Å². The molecular formula is C30H37N5O7. The molecule has 1 aliphatic heterocycles. The van der Waals surface area contributed by atoms with Crippen molar-refractivity contribution in [2.75, 3.05) is 18.9 Å². The van der Waals surface area contributed by atoms with Gasteiger partial charge < -0.3 is 21.1 Å². The maximum Gasteiger partial charge on any atom is 0.320 e. The zero-order valence-electron chi connectivity index (χ0n) is 24.1. The number of rotatable bonds is 14. The summed E-state index contributed by atoms with van der Waals surface area (Å²) in [6.45, 7) is 4.85. The number of benzene rings is 2. The number of aliphatic carboxylic acids is 1. The van der Waals surface area contributed by atoms with Crippen molar-refractivity contribution >= 4 is 41.2 Å². The van der Waals surface area contributed by atoms with E-state index in [9.17, 15) is 33.9 Å². The van der Waals surface area contributed by atoms with Crippen LogP contribution in [0.3, 0.4) is 0 Å². The second-order valence-corrected chi connectivity index (χ2v) is 10.8. The van der Waals surface area contributed by atoms with Gasteiger partial charge in [0.15, 0.2) is 0 Å². The minimum atomic E-state index is -1.29. The van der Waals surface area contributed by atoms with Crippen molar-refractivity contribution in [2.45, 2.75) is 58.2 Å². The number of hydrogen-bond donors (Lipinski definition) is 4. The summed E-state index contributed by atoms with van der Waals surface area (Å²) in [5.74, 6) is -3.98. The van der Waals surface area contributed by atoms with E-state index in [2.05, 4.69) is 10.6 Å². The molecular weight excluding hydrogens is 542 g/mol. The molecule has 0 bridgehead atoms. The second-order valence-electron chi connectivity index (χ2n) is 10.8. The highest BCUT2D eigenvalue weighted by Crippen LogP contribution is 2.26. The normalized spacial score (nSPS) is 14.7. The van der Waals surface area contributed by atoms with Crippen LogP contribution in [-0.4, -0.2) is 82.1 Å². The Hall–Kier alpha value is -4.58. The highest BCUT2D eigenvalue weighted by Gasteiger charge is 2.38. The first-order chi connectivity index (χ1) is 19.8. The molecule has 0 spiro atoms. The molecule has 3 atom stereocenters. The van der Waals surface area contributed by atoms with Gasteiger partial charge in [0.05, 0.1) is 17.2 Å². The molecule has 224 valence electrons. The largest absolute Gasteiger partial charge is 0.480 e. The molecule has 5 N–H and O–H groups in total. The average molecular weight is 580 g/mol. The number of likely N-dealkylation sites (N-methyl/N-ethyl adjacent to an activating group) is 1. The number of carboxylic acid groups (broad SMARTS) is 1. The summed E-state index contributed by atoms with van der Waals surface area (Å²) in [5, 5.41) is 15.4. The zero-order chi connectivity index (χ0) is 31.1. The first-order valence-corrected chi connectivity index (χ1v) is 13.7. The van der Waals surface area contributed by atoms with Gasteiger partial charge >= 0.3 is 5.97 Å². The Balaban J connectivity index is 1.75. The van der Waals surface area contributed by atoms with E-state index in [0.717, 1.165) is 10.5 Å². The number of carbonyl (C=O) groups excluding carboxylic acids is 5. The monoisotopic (exact) mass is 579 g/mol. The number of nitrogens with one attached hydrogen (secondary N) is 2. The zero-order valence-corrected chi connectivity index (χ0v) is 24.1. The van der Waals surface area contributed by atoms with E-state index in [1.54, 1.807) is 0 Å². The molecule has 3 rings (SSSR count). The van der Waals surface area contributed by atoms with Gasteiger partial charge in [-0.25, -0.2) is 0 Å². The van der Waals surface area contributed by atoms with Gasteiger partial charge in [0.2, 0.25) is 17.7 Å². The molecule has 12 nitrogen and oxygen atoms in total. The first-order valence-electron chi connectivity index (χ1n) is 13.7. The predicted octanol–water partition coefficient (Wildman–Crippen LogP) is 1.64. The van der Waals surface area contributed by atoms with Crippen molar-refractivity contribution < 1.29 is 33.9 Å². The Morgan fingerprint density at radius 2 is 1.62 bits per heavy atom. The molecule has 0 aliphatic carbocycles. The van der Waals surface area contributed by atoms with Gasteiger partial charge in [-0.2, -0.15) is 0 Å². The van der Waals surface area contributed by atoms with Crippen LogP contribution in [0.15, 0.2) is 48.5 Å². The topological polar surface area (TPSA) is 179 Å². The van der Waals surface area contributed by atoms with E-state index in [-0.39, 0.29) is 48.8 Å². The lowest BCUT2D eigenvalue weighted by molar-refractivity contribution is -0.143. The van der Waals surface area contributed by atoms with Gasteiger partial charge in [0.1, 0.15) is 12.1 Å². The van der Waals surface area contributed by atoms with Crippen LogP contribution in [0.2, 0.25) is 0 Å². The fourth-order valence-corrected chi connectivity index (χ4v) is 4.93. The van der Waals surface area contributed by atoms with Crippen LogP contribution in [-0.2, 0) is 25.6 Å². The Labute approximate surface area is 244 Å². The highest BCUT2D eigenvalue weighted by atomic mass is 16.4. The lowest BCUT2D eigenvalue weighted by atomic mass is 9.99. The van der Waals surface area contributed by atoms with Crippen molar-refractivity contribution in [3.63, 3.8) is 0 Å². The van der Waals surface area contributed by atoms with Crippen molar-refractivity contribution in [3.05, 3.63) is 65.2 Å². The van der Waals surface area contributed by atoms with Gasteiger partial charge in [0.25, 0.3) is 11.8 Å². The summed E-state index contributed by atoms with van der Waals surface area (Å²) >= 11 is 0. The molecule has 0 saturated carbocycles. The Kier molecular flexibility index (Phi) is 10.5. The summed E-state index contributed by atoms with van der Waals surface area (Å²) in [6, 6.07) is 10.2. The third-order valence-electron chi connectivity index (χ3n) is 7.05. The molecule has 5 amide bonds. The highest BCUT2D eigenvalue weighted by molar-refractivity contribution is 6.21. The van der Waals surface area contributed by atoms with Crippen molar-refractivity contribution in [2.24, 2.45) is 11.7 Å². The number of nitrogens with two attached hydrogens (primary N) is 1. The van der Waals surface area contributed by atoms with Crippen LogP contribution in [0.5, 0.6) is 0 Å². The maximum atomic E-state index is 13.6. The fraction of sp³-hybridized carbons (Fsp3) is 0.400. The molecule has 2 aromatic carbocycles. The smallest absolute Gasteiger partial charge is 0.320 e. The molecule has 42 heavy (non-hydrogen) atoms. The number of imide groups is 1. The van der Waals surface area contributed by atoms with E-state index in [4.69, 9.17) is 5.73 Å². The summed E-state index contributed by atoms with van der Waals surface area (Å²) in [6.07, 6.45) is 0.287. The van der Waals surface area contributed by atoms with E-state index < -0.39 is 47.7 Å². The number of carboxylic acids is 1. The predicted molar refractivity (Wildman–Crippen MR) is 154 cm³/mol. The lowest BCUT2D eigenvalue weighted by Crippen LogP contribution is -2.56. The summed E-state index contributed by atoms with van der Waals surface area (Å²) in [4.78, 5) is 77.7. The van der Waals surface area contributed by atoms with Crippen molar-refractivity contribution in [3.8, 4) is 0 Å². The number of amides is 5. The number of fused-ring (bicyclic) bond motifs is 1. The Bertz CT molecular complexity index is 1360. The number of anilines is 1. The minimum Gasteiger partial charge on any atom is -0.480 e. The molecule has 0 saturated heterocycles. The summed E-state index contributed by atoms with van der Waals surface area (Å²) in [5.41, 5.74) is 7.07. The van der Waals surface area contributed by atoms with Gasteiger partial charge in [-0.1, -0.05) is 44.2 Å². The molecule has 2 aromatic rings. The van der Waals surface area contributed by atoms with Crippen LogP contribution >= 0.6 is 0 Å². The standard InChI is InChI=1S/C30H37N5O7/c1-17(2)14-24(29(40)34(4)25(26(31)37)15-19-8-6-5-7-9-19)33-23(30(41)42)12-13-35-27(38)21-11-10-20(32-18(3)36)16-22(21)28(35)39/h5-11,16-17,23-25,33H,12-15H2,1-4H3,(H2,31,37)(H,32,36)(H,41,42)/t23-,24+,25+/m1/s1. The number of nitrogens with zero attached hydrogens (tertiary/aromatic N) is 2. The first kappa shape index (κ1) is 31.9. The van der Waals surface area contributed by atoms with E-state index in [1.165, 1.54) is 37.1 Å². The van der Waals surface area contributed by atoms with Gasteiger partial charge in [0, 0.05) is 32.6 Å². The second kappa shape index (κ2) is 13.9. The number of hydrogen-bond acceptors (Lipinski definition) is 7. The SMILES string of the molecule is CC(=O)Nc1ccc2c(c1)C(=O)N(CC[C@@H](N[C@@H](CC(C)C)C(=O)N(C)[C@@H](Cc1ccccc1)C(N)=O)C(=O)O)C2=O. The van der Waals surface area contributed by atoms with Crippen molar-refractivity contribution in [1.82, 2.24) is 15.1 Å². The van der Waals surface area contributed by atoms with Crippen LogP contribution in [0.25, 0.3) is 0 Å². The Morgan fingerprint density at radius 3 is 2.19 bits per heavy atom. The fourth-order valence-electron chi connectivity index (χ4n) is 4.93. The van der Waals surface area contributed by atoms with Crippen LogP contribution in [0.1, 0.15) is 59.9 Å². The third-order valence-corrected chi connectivity index (χ3v) is 7.05. The molecule has 12 heteroatoms. The maximum absolute atomic E-state index is 13.6. The molecule has 0 fully saturated rings. The number of primary amides is 1. The van der Waals surface area contributed by atoms with E-state index in [1.807, 2.05) is 44.2 Å². The van der Waals surface area contributed by atoms with Gasteiger partial charge in [-0.3, -0.25) is 39.0 Å².